The van der Waals surface area contributed by atoms with Gasteiger partial charge in [-0.2, -0.15) is 5.23 Å². The Bertz CT molecular complexity index is 1200. The molecule has 5 N–H and O–H groups in total. The van der Waals surface area contributed by atoms with E-state index in [1.54, 1.807) is 6.92 Å². The fourth-order valence-electron chi connectivity index (χ4n) is 6.98. The van der Waals surface area contributed by atoms with Gasteiger partial charge >= 0.3 is 11.9 Å². The smallest absolute Gasteiger partial charge is 0.329 e. The molecule has 0 radical (unpaired) electrons. The van der Waals surface area contributed by atoms with E-state index in [-0.39, 0.29) is 35.4 Å². The molecule has 2 bridgehead atoms. The van der Waals surface area contributed by atoms with E-state index in [1.807, 2.05) is 6.92 Å². The highest BCUT2D eigenvalue weighted by atomic mass is 17.3. The Hall–Kier alpha value is -2.69. The first kappa shape index (κ1) is 30.8. The second kappa shape index (κ2) is 11.8. The summed E-state index contributed by atoms with van der Waals surface area (Å²) in [6.07, 6.45) is -0.964. The maximum atomic E-state index is 12.8. The van der Waals surface area contributed by atoms with Crippen LogP contribution in [0.3, 0.4) is 0 Å². The van der Waals surface area contributed by atoms with Crippen LogP contribution in [0.4, 0.5) is 5.69 Å². The Morgan fingerprint density at radius 2 is 1.93 bits per heavy atom. The highest BCUT2D eigenvalue weighted by Crippen LogP contribution is 2.60. The van der Waals surface area contributed by atoms with Crippen LogP contribution in [-0.4, -0.2) is 63.3 Å². The number of aliphatic hydroxyl groups is 1. The van der Waals surface area contributed by atoms with Gasteiger partial charge in [0.05, 0.1) is 6.42 Å². The number of quaternary nitrogens is 1. The molecule has 14 nitrogen and oxygen atoms in total. The maximum absolute atomic E-state index is 12.8. The molecule has 6 rings (SSSR count). The Labute approximate surface area is 242 Å². The number of carbonyl (C=O) groups is 3. The number of fused-ring (bicyclic) bond motifs is 2. The van der Waals surface area contributed by atoms with Crippen molar-refractivity contribution < 1.29 is 59.0 Å². The van der Waals surface area contributed by atoms with Crippen molar-refractivity contribution in [1.82, 2.24) is 5.32 Å². The minimum atomic E-state index is -1.77. The lowest BCUT2D eigenvalue weighted by atomic mass is 9.58. The highest BCUT2D eigenvalue weighted by molar-refractivity contribution is 5.86. The number of nitrogens with one attached hydrogen (secondary N) is 2. The summed E-state index contributed by atoms with van der Waals surface area (Å²) in [6.45, 7) is 5.91. The van der Waals surface area contributed by atoms with E-state index in [2.05, 4.69) is 12.2 Å². The molecule has 4 heterocycles. The minimum absolute atomic E-state index is 0.000217. The molecule has 11 atom stereocenters. The van der Waals surface area contributed by atoms with Crippen LogP contribution in [0.1, 0.15) is 71.0 Å². The highest BCUT2D eigenvalue weighted by Gasteiger charge is 2.69. The van der Waals surface area contributed by atoms with Gasteiger partial charge < -0.3 is 34.9 Å². The van der Waals surface area contributed by atoms with E-state index in [0.29, 0.717) is 12.3 Å². The summed E-state index contributed by atoms with van der Waals surface area (Å²) >= 11 is 0. The van der Waals surface area contributed by atoms with Gasteiger partial charge in [-0.25, -0.2) is 19.8 Å². The van der Waals surface area contributed by atoms with Crippen molar-refractivity contribution in [2.75, 3.05) is 0 Å². The van der Waals surface area contributed by atoms with Gasteiger partial charge in [0.1, 0.15) is 6.10 Å². The zero-order valence-corrected chi connectivity index (χ0v) is 23.7. The fraction of sp³-hybridized carbons (Fsp3) is 0.679. The summed E-state index contributed by atoms with van der Waals surface area (Å²) in [5, 5.41) is 41.5. The third-order valence-corrected chi connectivity index (χ3v) is 9.27. The number of amides is 1. The lowest BCUT2D eigenvalue weighted by molar-refractivity contribution is -0.991. The van der Waals surface area contributed by atoms with E-state index in [0.717, 1.165) is 25.3 Å². The molecule has 4 aliphatic heterocycles. The molecule has 0 aromatic heterocycles. The number of hydrogen-bond acceptors (Lipinski definition) is 11. The van der Waals surface area contributed by atoms with Crippen LogP contribution >= 0.6 is 0 Å². The van der Waals surface area contributed by atoms with Crippen molar-refractivity contribution in [3.05, 3.63) is 35.0 Å². The third kappa shape index (κ3) is 5.65. The fourth-order valence-corrected chi connectivity index (χ4v) is 6.98. The Morgan fingerprint density at radius 1 is 1.17 bits per heavy atom. The largest absolute Gasteiger partial charge is 0.595 e. The van der Waals surface area contributed by atoms with E-state index in [9.17, 15) is 29.8 Å². The molecular formula is C28H38N2O12. The number of carbonyl (C=O) groups excluding carboxylic acids is 2. The predicted octanol–water partition coefficient (Wildman–Crippen LogP) is 1.22. The van der Waals surface area contributed by atoms with Gasteiger partial charge in [-0.05, 0) is 43.6 Å². The Kier molecular flexibility index (Phi) is 8.62. The average molecular weight is 595 g/mol. The topological polar surface area (TPSA) is 198 Å². The molecule has 4 saturated heterocycles. The van der Waals surface area contributed by atoms with Gasteiger partial charge in [0.25, 0.3) is 0 Å². The van der Waals surface area contributed by atoms with Crippen LogP contribution in [-0.2, 0) is 38.4 Å². The molecule has 1 aliphatic carbocycles. The van der Waals surface area contributed by atoms with Gasteiger partial charge in [-0.3, -0.25) is 9.59 Å². The number of carboxylic acid groups (broad SMARTS) is 1. The van der Waals surface area contributed by atoms with E-state index in [1.165, 1.54) is 18.2 Å². The summed E-state index contributed by atoms with van der Waals surface area (Å²) < 4.78 is 18.1. The van der Waals surface area contributed by atoms with Gasteiger partial charge in [0.15, 0.2) is 23.6 Å². The molecule has 1 aromatic carbocycles. The van der Waals surface area contributed by atoms with Crippen molar-refractivity contribution in [3.63, 3.8) is 0 Å². The number of aliphatic carboxylic acids is 1. The number of aliphatic hydroxyl groups excluding tert-OH is 1. The number of rotatable bonds is 9. The van der Waals surface area contributed by atoms with Crippen LogP contribution in [0.5, 0.6) is 0 Å². The summed E-state index contributed by atoms with van der Waals surface area (Å²) in [6, 6.07) is 3.34. The first-order valence-corrected chi connectivity index (χ1v) is 14.3. The van der Waals surface area contributed by atoms with Gasteiger partial charge in [0, 0.05) is 36.8 Å². The SMILES string of the molecule is C[C@H]1[C@H](OC(=O)CCC(=O)N[C@H](C(=O)O)[C@H](O)c2cccc([NH+]([O-])O)c2)O[C@H]2O[C@@]3(C)CC[C@H]4[C@@H](C)CC[C@H]1[C@]24OO3. The van der Waals surface area contributed by atoms with E-state index in [4.69, 9.17) is 29.2 Å². The predicted molar refractivity (Wildman–Crippen MR) is 139 cm³/mol. The Balaban J connectivity index is 1.19. The zero-order valence-electron chi connectivity index (χ0n) is 23.7. The average Bonchev–Trinajstić information content (AvgIpc) is 3.18. The number of esters is 1. The number of benzene rings is 1. The molecule has 1 aromatic rings. The molecule has 42 heavy (non-hydrogen) atoms. The number of hydrogen-bond donors (Lipinski definition) is 5. The first-order chi connectivity index (χ1) is 19.8. The van der Waals surface area contributed by atoms with Crippen LogP contribution in [0, 0.1) is 28.9 Å². The monoisotopic (exact) mass is 594 g/mol. The lowest BCUT2D eigenvalue weighted by Gasteiger charge is -2.59. The molecule has 1 spiro atoms. The summed E-state index contributed by atoms with van der Waals surface area (Å²) in [5.41, 5.74) is -0.962. The quantitative estimate of drug-likeness (QED) is 0.156. The van der Waals surface area contributed by atoms with Gasteiger partial charge in [-0.1, -0.05) is 26.0 Å². The summed E-state index contributed by atoms with van der Waals surface area (Å²) in [5.74, 6) is -3.83. The van der Waals surface area contributed by atoms with Crippen molar-refractivity contribution in [2.45, 2.75) is 95.4 Å². The standard InChI is InChI=1S/C28H38N2O12/c1-14-7-8-19-15(2)25(39-26-28(19)18(14)11-12-27(3,40-26)41-42-28)38-21(32)10-9-20(31)29-22(24(34)35)23(33)16-5-4-6-17(13-16)30(36)37/h4-6,13-15,18-19,22-23,25-26,30,33,36H,7-12H2,1-3H3,(H,29,31)(H,34,35)/t14-,15+,18-,19+,22-,23+,25+,26-,27+,28-/m0/s1. The van der Waals surface area contributed by atoms with Crippen LogP contribution in [0.25, 0.3) is 0 Å². The van der Waals surface area contributed by atoms with Crippen LogP contribution in [0.2, 0.25) is 0 Å². The summed E-state index contributed by atoms with van der Waals surface area (Å²) in [7, 11) is 0. The van der Waals surface area contributed by atoms with E-state index < -0.39 is 65.6 Å². The van der Waals surface area contributed by atoms with Crippen molar-refractivity contribution >= 4 is 23.5 Å². The number of ether oxygens (including phenoxy) is 3. The zero-order chi connectivity index (χ0) is 30.4. The van der Waals surface area contributed by atoms with Crippen molar-refractivity contribution in [2.24, 2.45) is 23.7 Å². The van der Waals surface area contributed by atoms with Crippen molar-refractivity contribution in [1.29, 1.82) is 0 Å². The normalized spacial score (nSPS) is 37.5. The van der Waals surface area contributed by atoms with Gasteiger partial charge in [-0.15, -0.1) is 0 Å². The molecule has 5 fully saturated rings. The van der Waals surface area contributed by atoms with Crippen LogP contribution in [0.15, 0.2) is 24.3 Å². The van der Waals surface area contributed by atoms with Crippen molar-refractivity contribution in [3.8, 4) is 0 Å². The summed E-state index contributed by atoms with van der Waals surface area (Å²) in [4.78, 5) is 49.0. The third-order valence-electron chi connectivity index (χ3n) is 9.27. The second-order valence-corrected chi connectivity index (χ2v) is 12.0. The van der Waals surface area contributed by atoms with Gasteiger partial charge in [0.2, 0.25) is 18.0 Å². The molecular weight excluding hydrogens is 556 g/mol. The molecule has 232 valence electrons. The van der Waals surface area contributed by atoms with Crippen LogP contribution < -0.4 is 10.5 Å². The maximum Gasteiger partial charge on any atom is 0.329 e. The molecule has 14 heteroatoms. The minimum Gasteiger partial charge on any atom is -0.595 e. The second-order valence-electron chi connectivity index (χ2n) is 12.0. The molecule has 1 unspecified atom stereocenters. The van der Waals surface area contributed by atoms with E-state index >= 15 is 0 Å². The lowest BCUT2D eigenvalue weighted by Crippen LogP contribution is -2.99. The molecule has 1 saturated carbocycles. The molecule has 5 aliphatic rings. The molecule has 1 amide bonds. The first-order valence-electron chi connectivity index (χ1n) is 14.3. The number of carboxylic acids is 1. The Morgan fingerprint density at radius 3 is 2.64 bits per heavy atom.